The number of aryl methyl sites for hydroxylation is 1. The zero-order chi connectivity index (χ0) is 16.7. The first-order chi connectivity index (χ1) is 11.1. The molecule has 6 heteroatoms. The first-order valence-electron chi connectivity index (χ1n) is 7.40. The Bertz CT molecular complexity index is 677. The molecule has 2 N–H and O–H groups in total. The molecule has 0 radical (unpaired) electrons. The maximum atomic E-state index is 5.57. The average molecular weight is 331 g/mol. The molecule has 2 rings (SSSR count). The van der Waals surface area contributed by atoms with E-state index in [1.807, 2.05) is 50.2 Å². The van der Waals surface area contributed by atoms with Gasteiger partial charge in [-0.25, -0.2) is 4.98 Å². The molecule has 0 amide bonds. The summed E-state index contributed by atoms with van der Waals surface area (Å²) in [6.45, 7) is 5.06. The summed E-state index contributed by atoms with van der Waals surface area (Å²) in [6.07, 6.45) is 0. The van der Waals surface area contributed by atoms with Gasteiger partial charge in [0.05, 0.1) is 13.7 Å². The van der Waals surface area contributed by atoms with Crippen LogP contribution in [0.2, 0.25) is 0 Å². The van der Waals surface area contributed by atoms with Gasteiger partial charge in [0.15, 0.2) is 16.6 Å². The fraction of sp³-hybridized carbons (Fsp3) is 0.294. The van der Waals surface area contributed by atoms with Crippen molar-refractivity contribution < 1.29 is 9.47 Å². The summed E-state index contributed by atoms with van der Waals surface area (Å²) in [4.78, 5) is 4.35. The number of nitrogens with zero attached hydrogens (tertiary/aromatic N) is 1. The number of benzene rings is 1. The molecule has 0 aliphatic heterocycles. The molecule has 23 heavy (non-hydrogen) atoms. The van der Waals surface area contributed by atoms with Crippen LogP contribution in [0.3, 0.4) is 0 Å². The second kappa shape index (κ2) is 8.33. The summed E-state index contributed by atoms with van der Waals surface area (Å²) in [5.74, 6) is 2.18. The minimum atomic E-state index is 0.525. The zero-order valence-electron chi connectivity index (χ0n) is 13.6. The van der Waals surface area contributed by atoms with Crippen molar-refractivity contribution in [3.63, 3.8) is 0 Å². The van der Waals surface area contributed by atoms with E-state index in [4.69, 9.17) is 21.7 Å². The van der Waals surface area contributed by atoms with E-state index in [2.05, 4.69) is 15.6 Å². The average Bonchev–Trinajstić information content (AvgIpc) is 2.53. The molecule has 0 unspecified atom stereocenters. The van der Waals surface area contributed by atoms with Gasteiger partial charge in [0.2, 0.25) is 0 Å². The molecule has 0 fully saturated rings. The van der Waals surface area contributed by atoms with Crippen molar-refractivity contribution in [1.29, 1.82) is 0 Å². The Balaban J connectivity index is 1.94. The second-order valence-electron chi connectivity index (χ2n) is 4.89. The predicted molar refractivity (Wildman–Crippen MR) is 96.2 cm³/mol. The molecular formula is C17H21N3O2S. The minimum absolute atomic E-state index is 0.525. The maximum Gasteiger partial charge on any atom is 0.172 e. The van der Waals surface area contributed by atoms with E-state index in [9.17, 15) is 0 Å². The highest BCUT2D eigenvalue weighted by Crippen LogP contribution is 2.27. The van der Waals surface area contributed by atoms with E-state index in [-0.39, 0.29) is 0 Å². The topological polar surface area (TPSA) is 55.4 Å². The van der Waals surface area contributed by atoms with Gasteiger partial charge in [0.1, 0.15) is 5.82 Å². The van der Waals surface area contributed by atoms with Gasteiger partial charge >= 0.3 is 0 Å². The van der Waals surface area contributed by atoms with Gasteiger partial charge in [-0.1, -0.05) is 12.1 Å². The number of nitrogens with one attached hydrogen (secondary N) is 2. The first-order valence-corrected chi connectivity index (χ1v) is 7.81. The number of pyridine rings is 1. The van der Waals surface area contributed by atoms with Crippen molar-refractivity contribution >= 4 is 23.1 Å². The normalized spacial score (nSPS) is 10.0. The Labute approximate surface area is 142 Å². The summed E-state index contributed by atoms with van der Waals surface area (Å²) >= 11 is 5.29. The number of methoxy groups -OCH3 is 1. The quantitative estimate of drug-likeness (QED) is 0.792. The van der Waals surface area contributed by atoms with E-state index in [1.54, 1.807) is 7.11 Å². The summed E-state index contributed by atoms with van der Waals surface area (Å²) < 4.78 is 10.8. The lowest BCUT2D eigenvalue weighted by Gasteiger charge is -2.13. The van der Waals surface area contributed by atoms with E-state index < -0.39 is 0 Å². The van der Waals surface area contributed by atoms with Gasteiger partial charge in [0, 0.05) is 12.2 Å². The number of ether oxygens (including phenoxy) is 2. The van der Waals surface area contributed by atoms with Gasteiger partial charge in [0.25, 0.3) is 0 Å². The fourth-order valence-corrected chi connectivity index (χ4v) is 2.23. The molecule has 0 saturated heterocycles. The summed E-state index contributed by atoms with van der Waals surface area (Å²) in [5, 5.41) is 6.75. The van der Waals surface area contributed by atoms with E-state index in [1.165, 1.54) is 0 Å². The number of hydrogen-bond donors (Lipinski definition) is 2. The highest BCUT2D eigenvalue weighted by molar-refractivity contribution is 7.80. The van der Waals surface area contributed by atoms with Crippen LogP contribution in [0.1, 0.15) is 18.2 Å². The predicted octanol–water partition coefficient (Wildman–Crippen LogP) is 3.28. The van der Waals surface area contributed by atoms with E-state index in [0.717, 1.165) is 28.6 Å². The summed E-state index contributed by atoms with van der Waals surface area (Å²) in [6, 6.07) is 11.6. The molecule has 0 saturated carbocycles. The first kappa shape index (κ1) is 17.0. The van der Waals surface area contributed by atoms with Gasteiger partial charge in [-0.05, 0) is 55.9 Å². The minimum Gasteiger partial charge on any atom is -0.493 e. The number of rotatable bonds is 6. The van der Waals surface area contributed by atoms with E-state index in [0.29, 0.717) is 18.3 Å². The molecule has 0 atom stereocenters. The van der Waals surface area contributed by atoms with Crippen LogP contribution in [0.4, 0.5) is 5.82 Å². The lowest BCUT2D eigenvalue weighted by atomic mass is 10.2. The molecule has 0 aliphatic rings. The molecule has 1 aromatic carbocycles. The Morgan fingerprint density at radius 3 is 2.74 bits per heavy atom. The van der Waals surface area contributed by atoms with Crippen LogP contribution in [0, 0.1) is 6.92 Å². The molecule has 5 nitrogen and oxygen atoms in total. The Morgan fingerprint density at radius 1 is 1.22 bits per heavy atom. The van der Waals surface area contributed by atoms with Crippen LogP contribution >= 0.6 is 12.2 Å². The van der Waals surface area contributed by atoms with Crippen molar-refractivity contribution in [3.8, 4) is 11.5 Å². The second-order valence-corrected chi connectivity index (χ2v) is 5.30. The number of hydrogen-bond acceptors (Lipinski definition) is 4. The van der Waals surface area contributed by atoms with Gasteiger partial charge < -0.3 is 20.1 Å². The third-order valence-electron chi connectivity index (χ3n) is 3.11. The third kappa shape index (κ3) is 5.10. The third-order valence-corrected chi connectivity index (χ3v) is 3.36. The Hall–Kier alpha value is -2.34. The Morgan fingerprint density at radius 2 is 2.04 bits per heavy atom. The van der Waals surface area contributed by atoms with Crippen molar-refractivity contribution in [3.05, 3.63) is 47.7 Å². The molecule has 122 valence electrons. The van der Waals surface area contributed by atoms with Crippen molar-refractivity contribution in [2.75, 3.05) is 19.0 Å². The van der Waals surface area contributed by atoms with Crippen LogP contribution < -0.4 is 20.1 Å². The molecular weight excluding hydrogens is 310 g/mol. The van der Waals surface area contributed by atoms with Gasteiger partial charge in [-0.15, -0.1) is 0 Å². The van der Waals surface area contributed by atoms with Crippen LogP contribution in [0.25, 0.3) is 0 Å². The van der Waals surface area contributed by atoms with Crippen LogP contribution in [0.15, 0.2) is 36.4 Å². The number of thiocarbonyl (C=S) groups is 1. The Kier molecular flexibility index (Phi) is 6.17. The standard InChI is InChI=1S/C17H21N3O2S/c1-4-22-15-10-13(8-9-14(15)21-3)11-18-17(23)20-16-7-5-6-12(2)19-16/h5-10H,4,11H2,1-3H3,(H2,18,19,20,23). The monoisotopic (exact) mass is 331 g/mol. The molecule has 0 spiro atoms. The fourth-order valence-electron chi connectivity index (χ4n) is 2.05. The number of anilines is 1. The lowest BCUT2D eigenvalue weighted by molar-refractivity contribution is 0.310. The van der Waals surface area contributed by atoms with Crippen molar-refractivity contribution in [2.45, 2.75) is 20.4 Å². The highest BCUT2D eigenvalue weighted by Gasteiger charge is 2.06. The molecule has 0 aliphatic carbocycles. The summed E-state index contributed by atoms with van der Waals surface area (Å²) in [5.41, 5.74) is 1.99. The van der Waals surface area contributed by atoms with Crippen LogP contribution in [0.5, 0.6) is 11.5 Å². The highest BCUT2D eigenvalue weighted by atomic mass is 32.1. The molecule has 1 heterocycles. The summed E-state index contributed by atoms with van der Waals surface area (Å²) in [7, 11) is 1.63. The van der Waals surface area contributed by atoms with Crippen molar-refractivity contribution in [1.82, 2.24) is 10.3 Å². The zero-order valence-corrected chi connectivity index (χ0v) is 14.4. The SMILES string of the molecule is CCOc1cc(CNC(=S)Nc2cccc(C)n2)ccc1OC. The van der Waals surface area contributed by atoms with Crippen LogP contribution in [-0.4, -0.2) is 23.8 Å². The maximum absolute atomic E-state index is 5.57. The van der Waals surface area contributed by atoms with Gasteiger partial charge in [-0.2, -0.15) is 0 Å². The lowest BCUT2D eigenvalue weighted by Crippen LogP contribution is -2.28. The van der Waals surface area contributed by atoms with Gasteiger partial charge in [-0.3, -0.25) is 0 Å². The van der Waals surface area contributed by atoms with Crippen molar-refractivity contribution in [2.24, 2.45) is 0 Å². The van der Waals surface area contributed by atoms with Crippen LogP contribution in [-0.2, 0) is 6.54 Å². The largest absolute Gasteiger partial charge is 0.493 e. The molecule has 1 aromatic heterocycles. The van der Waals surface area contributed by atoms with E-state index >= 15 is 0 Å². The molecule has 2 aromatic rings. The number of aromatic nitrogens is 1. The smallest absolute Gasteiger partial charge is 0.172 e. The molecule has 0 bridgehead atoms.